The van der Waals surface area contributed by atoms with Gasteiger partial charge in [0.15, 0.2) is 0 Å². The van der Waals surface area contributed by atoms with Crippen molar-refractivity contribution < 1.29 is 24.2 Å². The number of aliphatic carboxylic acids is 1. The molecular formula is C33H46N2O5S. The predicted molar refractivity (Wildman–Crippen MR) is 166 cm³/mol. The molecule has 41 heavy (non-hydrogen) atoms. The number of amides is 1. The average Bonchev–Trinajstić information content (AvgIpc) is 3.35. The van der Waals surface area contributed by atoms with E-state index in [0.717, 1.165) is 48.4 Å². The van der Waals surface area contributed by atoms with E-state index in [9.17, 15) is 14.7 Å². The Hall–Kier alpha value is -2.39. The normalized spacial score (nSPS) is 20.7. The number of nitrogens with one attached hydrogen (secondary N) is 1. The Balaban J connectivity index is 1.54. The van der Waals surface area contributed by atoms with Crippen molar-refractivity contribution in [3.63, 3.8) is 0 Å². The van der Waals surface area contributed by atoms with Crippen LogP contribution in [0.3, 0.4) is 0 Å². The molecule has 2 aromatic rings. The Morgan fingerprint density at radius 2 is 1.85 bits per heavy atom. The standard InChI is InChI=1S/C33H46N2O5S/c1-23-9-7-8-12-26(23)28-19-25(13-14-27(28)32(36)34-29(33(37)38)16-18-41-3)20-35-17-15-31(30(35)22-39-2)40-21-24-10-5-4-6-11-24/h7-9,12-14,19,24,29-31H,4-6,10-11,15-18,20-22H2,1-3H3,(H,34,36)(H,37,38). The van der Waals surface area contributed by atoms with Crippen molar-refractivity contribution in [2.75, 3.05) is 38.9 Å². The SMILES string of the molecule is COCC1C(OCC2CCCCC2)CCN1Cc1ccc(C(=O)NC(CCSC)C(=O)O)c(-c2ccccc2C)c1. The van der Waals surface area contributed by atoms with E-state index in [0.29, 0.717) is 30.3 Å². The summed E-state index contributed by atoms with van der Waals surface area (Å²) < 4.78 is 12.1. The highest BCUT2D eigenvalue weighted by molar-refractivity contribution is 7.98. The summed E-state index contributed by atoms with van der Waals surface area (Å²) in [5, 5.41) is 12.4. The third kappa shape index (κ3) is 8.57. The fourth-order valence-corrected chi connectivity index (χ4v) is 6.69. The van der Waals surface area contributed by atoms with Crippen LogP contribution in [-0.4, -0.2) is 78.9 Å². The molecule has 4 rings (SSSR count). The van der Waals surface area contributed by atoms with Crippen LogP contribution in [0.2, 0.25) is 0 Å². The number of aryl methyl sites for hydroxylation is 1. The number of carboxylic acids is 1. The number of methoxy groups -OCH3 is 1. The number of carbonyl (C=O) groups excluding carboxylic acids is 1. The van der Waals surface area contributed by atoms with Gasteiger partial charge in [-0.1, -0.05) is 49.6 Å². The number of hydrogen-bond donors (Lipinski definition) is 2. The third-order valence-corrected chi connectivity index (χ3v) is 9.21. The van der Waals surface area contributed by atoms with Crippen molar-refractivity contribution in [1.82, 2.24) is 10.2 Å². The summed E-state index contributed by atoms with van der Waals surface area (Å²) in [5.41, 5.74) is 4.44. The van der Waals surface area contributed by atoms with Gasteiger partial charge in [-0.25, -0.2) is 4.79 Å². The zero-order valence-electron chi connectivity index (χ0n) is 24.8. The zero-order valence-corrected chi connectivity index (χ0v) is 25.6. The molecule has 1 saturated heterocycles. The molecule has 1 amide bonds. The largest absolute Gasteiger partial charge is 0.480 e. The van der Waals surface area contributed by atoms with Crippen molar-refractivity contribution in [3.05, 3.63) is 59.2 Å². The Kier molecular flexibility index (Phi) is 12.1. The topological polar surface area (TPSA) is 88.1 Å². The van der Waals surface area contributed by atoms with Crippen molar-refractivity contribution in [1.29, 1.82) is 0 Å². The van der Waals surface area contributed by atoms with Crippen LogP contribution >= 0.6 is 11.8 Å². The van der Waals surface area contributed by atoms with Crippen LogP contribution in [0.15, 0.2) is 42.5 Å². The maximum atomic E-state index is 13.4. The van der Waals surface area contributed by atoms with Gasteiger partial charge < -0.3 is 19.9 Å². The second-order valence-electron chi connectivity index (χ2n) is 11.5. The Labute approximate surface area is 249 Å². The van der Waals surface area contributed by atoms with Crippen LogP contribution in [0.4, 0.5) is 0 Å². The second kappa shape index (κ2) is 15.7. The monoisotopic (exact) mass is 582 g/mol. The van der Waals surface area contributed by atoms with Crippen LogP contribution in [0, 0.1) is 12.8 Å². The molecule has 3 atom stereocenters. The number of hydrogen-bond acceptors (Lipinski definition) is 6. The molecule has 2 aliphatic rings. The molecule has 1 heterocycles. The fourth-order valence-electron chi connectivity index (χ4n) is 6.22. The molecule has 224 valence electrons. The lowest BCUT2D eigenvalue weighted by atomic mass is 9.90. The highest BCUT2D eigenvalue weighted by atomic mass is 32.2. The summed E-state index contributed by atoms with van der Waals surface area (Å²) in [6.45, 7) is 5.15. The van der Waals surface area contributed by atoms with E-state index in [-0.39, 0.29) is 18.1 Å². The molecule has 2 fully saturated rings. The minimum Gasteiger partial charge on any atom is -0.480 e. The lowest BCUT2D eigenvalue weighted by Crippen LogP contribution is -2.41. The molecule has 2 aromatic carbocycles. The lowest BCUT2D eigenvalue weighted by Gasteiger charge is -2.29. The van der Waals surface area contributed by atoms with E-state index in [1.807, 2.05) is 49.6 Å². The molecule has 1 saturated carbocycles. The number of rotatable bonds is 14. The first-order chi connectivity index (χ1) is 19.9. The number of carbonyl (C=O) groups is 2. The number of carboxylic acid groups (broad SMARTS) is 1. The molecule has 0 aromatic heterocycles. The smallest absolute Gasteiger partial charge is 0.326 e. The molecule has 8 heteroatoms. The molecule has 0 spiro atoms. The average molecular weight is 583 g/mol. The van der Waals surface area contributed by atoms with Crippen molar-refractivity contribution in [2.45, 2.75) is 76.6 Å². The highest BCUT2D eigenvalue weighted by Crippen LogP contribution is 2.31. The zero-order chi connectivity index (χ0) is 29.2. The highest BCUT2D eigenvalue weighted by Gasteiger charge is 2.35. The van der Waals surface area contributed by atoms with Gasteiger partial charge in [0.05, 0.1) is 18.8 Å². The number of thioether (sulfide) groups is 1. The summed E-state index contributed by atoms with van der Waals surface area (Å²) in [6.07, 6.45) is 9.98. The van der Waals surface area contributed by atoms with E-state index in [1.54, 1.807) is 18.9 Å². The fraction of sp³-hybridized carbons (Fsp3) is 0.576. The second-order valence-corrected chi connectivity index (χ2v) is 12.5. The molecule has 0 radical (unpaired) electrons. The Morgan fingerprint density at radius 1 is 1.07 bits per heavy atom. The van der Waals surface area contributed by atoms with Gasteiger partial charge in [0.1, 0.15) is 6.04 Å². The van der Waals surface area contributed by atoms with E-state index in [2.05, 4.69) is 16.3 Å². The molecule has 2 N–H and O–H groups in total. The van der Waals surface area contributed by atoms with E-state index in [4.69, 9.17) is 9.47 Å². The molecule has 0 bridgehead atoms. The summed E-state index contributed by atoms with van der Waals surface area (Å²) in [4.78, 5) is 27.7. The first-order valence-corrected chi connectivity index (χ1v) is 16.4. The molecular weight excluding hydrogens is 536 g/mol. The summed E-state index contributed by atoms with van der Waals surface area (Å²) >= 11 is 1.57. The van der Waals surface area contributed by atoms with Gasteiger partial charge in [-0.05, 0) is 84.9 Å². The summed E-state index contributed by atoms with van der Waals surface area (Å²) in [7, 11) is 1.75. The first kappa shape index (κ1) is 31.5. The maximum absolute atomic E-state index is 13.4. The van der Waals surface area contributed by atoms with Crippen LogP contribution in [0.5, 0.6) is 0 Å². The van der Waals surface area contributed by atoms with Gasteiger partial charge in [-0.2, -0.15) is 11.8 Å². The number of benzene rings is 2. The Bertz CT molecular complexity index is 1150. The van der Waals surface area contributed by atoms with Crippen LogP contribution in [0.25, 0.3) is 11.1 Å². The number of nitrogens with zero attached hydrogens (tertiary/aromatic N) is 1. The minimum atomic E-state index is -1.01. The molecule has 1 aliphatic heterocycles. The maximum Gasteiger partial charge on any atom is 0.326 e. The third-order valence-electron chi connectivity index (χ3n) is 8.57. The molecule has 3 unspecified atom stereocenters. The predicted octanol–water partition coefficient (Wildman–Crippen LogP) is 5.78. The van der Waals surface area contributed by atoms with Gasteiger partial charge in [0.2, 0.25) is 0 Å². The molecule has 1 aliphatic carbocycles. The first-order valence-electron chi connectivity index (χ1n) is 15.0. The number of ether oxygens (including phenoxy) is 2. The Morgan fingerprint density at radius 3 is 2.56 bits per heavy atom. The van der Waals surface area contributed by atoms with Crippen LogP contribution in [0.1, 0.15) is 66.4 Å². The van der Waals surface area contributed by atoms with Crippen molar-refractivity contribution in [3.8, 4) is 11.1 Å². The summed E-state index contributed by atoms with van der Waals surface area (Å²) in [6, 6.07) is 13.2. The van der Waals surface area contributed by atoms with Crippen LogP contribution in [-0.2, 0) is 20.8 Å². The van der Waals surface area contributed by atoms with E-state index < -0.39 is 12.0 Å². The minimum absolute atomic E-state index is 0.159. The summed E-state index contributed by atoms with van der Waals surface area (Å²) in [5.74, 6) is -0.0410. The lowest BCUT2D eigenvalue weighted by molar-refractivity contribution is -0.139. The number of likely N-dealkylation sites (tertiary alicyclic amines) is 1. The van der Waals surface area contributed by atoms with Gasteiger partial charge in [0, 0.05) is 32.4 Å². The van der Waals surface area contributed by atoms with Gasteiger partial charge in [0.25, 0.3) is 5.91 Å². The van der Waals surface area contributed by atoms with Gasteiger partial charge in [-0.3, -0.25) is 9.69 Å². The van der Waals surface area contributed by atoms with Gasteiger partial charge in [-0.15, -0.1) is 0 Å². The van der Waals surface area contributed by atoms with E-state index in [1.165, 1.54) is 32.1 Å². The molecule has 7 nitrogen and oxygen atoms in total. The van der Waals surface area contributed by atoms with E-state index >= 15 is 0 Å². The van der Waals surface area contributed by atoms with Crippen molar-refractivity contribution in [2.24, 2.45) is 5.92 Å². The van der Waals surface area contributed by atoms with Gasteiger partial charge >= 0.3 is 5.97 Å². The van der Waals surface area contributed by atoms with Crippen LogP contribution < -0.4 is 5.32 Å². The van der Waals surface area contributed by atoms with Crippen molar-refractivity contribution >= 4 is 23.6 Å². The quantitative estimate of drug-likeness (QED) is 0.292.